The van der Waals surface area contributed by atoms with E-state index >= 15 is 0 Å². The summed E-state index contributed by atoms with van der Waals surface area (Å²) in [5, 5.41) is 10.5. The summed E-state index contributed by atoms with van der Waals surface area (Å²) in [6, 6.07) is 7.86. The molecule has 4 rings (SSSR count). The molecule has 9 heteroatoms. The van der Waals surface area contributed by atoms with Crippen LogP contribution in [0.15, 0.2) is 36.5 Å². The normalized spacial score (nSPS) is 21.2. The standard InChI is InChI=1S/C21H26FN5O2.ClH/c22-16-6-1-2-8-19(16)27-12-9-18(25-27)21(29)26-11-4-5-15(14-26)13-24-20(28)17-7-3-10-23-17;/h1-2,6,8-9,12,15,17,23H,3-5,7,10-11,13-14H2,(H,24,28);1H. The third-order valence-electron chi connectivity index (χ3n) is 5.66. The van der Waals surface area contributed by atoms with Gasteiger partial charge in [0.15, 0.2) is 5.69 Å². The first-order chi connectivity index (χ1) is 14.1. The zero-order valence-corrected chi connectivity index (χ0v) is 17.5. The number of nitrogens with zero attached hydrogens (tertiary/aromatic N) is 3. The first-order valence-electron chi connectivity index (χ1n) is 10.2. The van der Waals surface area contributed by atoms with Crippen molar-refractivity contribution >= 4 is 24.2 Å². The second-order valence-electron chi connectivity index (χ2n) is 7.75. The third kappa shape index (κ3) is 4.99. The Hall–Kier alpha value is -2.45. The van der Waals surface area contributed by atoms with E-state index in [1.165, 1.54) is 10.7 Å². The van der Waals surface area contributed by atoms with E-state index < -0.39 is 0 Å². The number of hydrogen-bond acceptors (Lipinski definition) is 4. The van der Waals surface area contributed by atoms with Gasteiger partial charge in [-0.2, -0.15) is 5.10 Å². The van der Waals surface area contributed by atoms with E-state index in [0.717, 1.165) is 32.2 Å². The van der Waals surface area contributed by atoms with Crippen LogP contribution in [-0.2, 0) is 4.79 Å². The highest BCUT2D eigenvalue weighted by molar-refractivity contribution is 5.92. The number of hydrogen-bond donors (Lipinski definition) is 2. The minimum Gasteiger partial charge on any atom is -0.354 e. The van der Waals surface area contributed by atoms with Crippen molar-refractivity contribution in [3.63, 3.8) is 0 Å². The maximum atomic E-state index is 14.0. The monoisotopic (exact) mass is 435 g/mol. The van der Waals surface area contributed by atoms with Gasteiger partial charge in [-0.25, -0.2) is 9.07 Å². The number of carbonyl (C=O) groups excluding carboxylic acids is 2. The minimum absolute atomic E-state index is 0. The van der Waals surface area contributed by atoms with Gasteiger partial charge < -0.3 is 15.5 Å². The van der Waals surface area contributed by atoms with Crippen molar-refractivity contribution in [2.45, 2.75) is 31.7 Å². The lowest BCUT2D eigenvalue weighted by Gasteiger charge is -2.32. The number of nitrogens with one attached hydrogen (secondary N) is 2. The van der Waals surface area contributed by atoms with Gasteiger partial charge in [-0.1, -0.05) is 12.1 Å². The van der Waals surface area contributed by atoms with Crippen molar-refractivity contribution in [3.05, 3.63) is 48.0 Å². The van der Waals surface area contributed by atoms with Crippen LogP contribution in [0.5, 0.6) is 0 Å². The Balaban J connectivity index is 0.00000256. The molecule has 2 unspecified atom stereocenters. The number of carbonyl (C=O) groups is 2. The Morgan fingerprint density at radius 1 is 1.20 bits per heavy atom. The molecule has 2 aliphatic rings. The van der Waals surface area contributed by atoms with Crippen LogP contribution in [0.1, 0.15) is 36.2 Å². The van der Waals surface area contributed by atoms with Gasteiger partial charge in [0, 0.05) is 25.8 Å². The van der Waals surface area contributed by atoms with Crippen LogP contribution in [0.25, 0.3) is 5.69 Å². The van der Waals surface area contributed by atoms with Crippen LogP contribution >= 0.6 is 12.4 Å². The fourth-order valence-electron chi connectivity index (χ4n) is 4.06. The molecule has 2 atom stereocenters. The highest BCUT2D eigenvalue weighted by Crippen LogP contribution is 2.19. The molecule has 0 spiro atoms. The zero-order chi connectivity index (χ0) is 20.2. The number of benzene rings is 1. The molecular formula is C21H27ClFN5O2. The first kappa shape index (κ1) is 22.2. The molecule has 1 aromatic carbocycles. The van der Waals surface area contributed by atoms with Crippen LogP contribution in [0.2, 0.25) is 0 Å². The van der Waals surface area contributed by atoms with Crippen LogP contribution in [0, 0.1) is 11.7 Å². The molecule has 2 saturated heterocycles. The second kappa shape index (κ2) is 10.0. The summed E-state index contributed by atoms with van der Waals surface area (Å²) < 4.78 is 15.3. The third-order valence-corrected chi connectivity index (χ3v) is 5.66. The molecule has 2 N–H and O–H groups in total. The SMILES string of the molecule is Cl.O=C(NCC1CCCN(C(=O)c2ccn(-c3ccccc3F)n2)C1)C1CCCN1. The molecule has 1 aromatic heterocycles. The van der Waals surface area contributed by atoms with E-state index in [0.29, 0.717) is 31.0 Å². The van der Waals surface area contributed by atoms with Crippen molar-refractivity contribution in [2.24, 2.45) is 5.92 Å². The first-order valence-corrected chi connectivity index (χ1v) is 10.2. The summed E-state index contributed by atoms with van der Waals surface area (Å²) in [5.74, 6) is -0.269. The Morgan fingerprint density at radius 2 is 2.03 bits per heavy atom. The van der Waals surface area contributed by atoms with Gasteiger partial charge in [0.05, 0.1) is 6.04 Å². The quantitative estimate of drug-likeness (QED) is 0.754. The Labute approximate surface area is 181 Å². The highest BCUT2D eigenvalue weighted by Gasteiger charge is 2.27. The lowest BCUT2D eigenvalue weighted by atomic mass is 9.97. The number of piperidine rings is 1. The highest BCUT2D eigenvalue weighted by atomic mass is 35.5. The molecule has 2 aliphatic heterocycles. The Kier molecular flexibility index (Phi) is 7.44. The van der Waals surface area contributed by atoms with E-state index in [2.05, 4.69) is 15.7 Å². The summed E-state index contributed by atoms with van der Waals surface area (Å²) in [6.45, 7) is 2.72. The lowest BCUT2D eigenvalue weighted by Crippen LogP contribution is -2.46. The van der Waals surface area contributed by atoms with Gasteiger partial charge >= 0.3 is 0 Å². The van der Waals surface area contributed by atoms with Crippen molar-refractivity contribution in [1.82, 2.24) is 25.3 Å². The van der Waals surface area contributed by atoms with E-state index in [-0.39, 0.29) is 42.0 Å². The number of aromatic nitrogens is 2. The molecule has 2 aromatic rings. The minimum atomic E-state index is -0.389. The zero-order valence-electron chi connectivity index (χ0n) is 16.7. The van der Waals surface area contributed by atoms with Gasteiger partial charge in [-0.15, -0.1) is 12.4 Å². The van der Waals surface area contributed by atoms with Crippen LogP contribution in [-0.4, -0.2) is 58.7 Å². The Bertz CT molecular complexity index is 884. The van der Waals surface area contributed by atoms with Gasteiger partial charge in [-0.3, -0.25) is 9.59 Å². The molecule has 2 amide bonds. The fraction of sp³-hybridized carbons (Fsp3) is 0.476. The van der Waals surface area contributed by atoms with Crippen LogP contribution in [0.3, 0.4) is 0 Å². The summed E-state index contributed by atoms with van der Waals surface area (Å²) in [5.41, 5.74) is 0.611. The molecule has 2 fully saturated rings. The smallest absolute Gasteiger partial charge is 0.274 e. The largest absolute Gasteiger partial charge is 0.354 e. The van der Waals surface area contributed by atoms with Crippen molar-refractivity contribution in [2.75, 3.05) is 26.2 Å². The summed E-state index contributed by atoms with van der Waals surface area (Å²) in [7, 11) is 0. The van der Waals surface area contributed by atoms with E-state index in [9.17, 15) is 14.0 Å². The molecule has 7 nitrogen and oxygen atoms in total. The number of rotatable bonds is 5. The average molecular weight is 436 g/mol. The number of amides is 2. The van der Waals surface area contributed by atoms with Gasteiger partial charge in [-0.05, 0) is 56.3 Å². The lowest BCUT2D eigenvalue weighted by molar-refractivity contribution is -0.123. The average Bonchev–Trinajstić information content (AvgIpc) is 3.44. The van der Waals surface area contributed by atoms with Gasteiger partial charge in [0.2, 0.25) is 5.91 Å². The second-order valence-corrected chi connectivity index (χ2v) is 7.75. The van der Waals surface area contributed by atoms with Crippen molar-refractivity contribution < 1.29 is 14.0 Å². The van der Waals surface area contributed by atoms with Crippen LogP contribution < -0.4 is 10.6 Å². The molecule has 0 bridgehead atoms. The van der Waals surface area contributed by atoms with E-state index in [4.69, 9.17) is 0 Å². The molecule has 30 heavy (non-hydrogen) atoms. The van der Waals surface area contributed by atoms with Crippen molar-refractivity contribution in [3.8, 4) is 5.69 Å². The molecule has 0 saturated carbocycles. The maximum Gasteiger partial charge on any atom is 0.274 e. The topological polar surface area (TPSA) is 79.3 Å². The maximum absolute atomic E-state index is 14.0. The molecule has 0 radical (unpaired) electrons. The fourth-order valence-corrected chi connectivity index (χ4v) is 4.06. The molecule has 162 valence electrons. The van der Waals surface area contributed by atoms with E-state index in [1.54, 1.807) is 35.4 Å². The van der Waals surface area contributed by atoms with Crippen LogP contribution in [0.4, 0.5) is 4.39 Å². The molecule has 0 aliphatic carbocycles. The number of para-hydroxylation sites is 1. The summed E-state index contributed by atoms with van der Waals surface area (Å²) in [6.07, 6.45) is 5.38. The van der Waals surface area contributed by atoms with Gasteiger partial charge in [0.1, 0.15) is 11.5 Å². The summed E-state index contributed by atoms with van der Waals surface area (Å²) in [4.78, 5) is 26.9. The van der Waals surface area contributed by atoms with Crippen molar-refractivity contribution in [1.29, 1.82) is 0 Å². The Morgan fingerprint density at radius 3 is 2.80 bits per heavy atom. The predicted octanol–water partition coefficient (Wildman–Crippen LogP) is 2.15. The number of likely N-dealkylation sites (tertiary alicyclic amines) is 1. The molecular weight excluding hydrogens is 409 g/mol. The van der Waals surface area contributed by atoms with Gasteiger partial charge in [0.25, 0.3) is 5.91 Å². The summed E-state index contributed by atoms with van der Waals surface area (Å²) >= 11 is 0. The van der Waals surface area contributed by atoms with E-state index in [1.807, 2.05) is 0 Å². The molecule has 3 heterocycles. The predicted molar refractivity (Wildman–Crippen MR) is 113 cm³/mol. The number of halogens is 2.